The molecule has 1 amide bonds. The van der Waals surface area contributed by atoms with Crippen LogP contribution in [0.5, 0.6) is 0 Å². The first-order chi connectivity index (χ1) is 8.59. The molecule has 0 aromatic rings. The van der Waals surface area contributed by atoms with Crippen LogP contribution in [-0.4, -0.2) is 61.8 Å². The zero-order valence-electron chi connectivity index (χ0n) is 11.5. The molecule has 5 heteroatoms. The summed E-state index contributed by atoms with van der Waals surface area (Å²) < 4.78 is 5.48. The molecular weight excluding hydrogens is 230 g/mol. The SMILES string of the molecule is CC1(C)COCCN1CCNC(=O)[C@@H]1CCCN1. The van der Waals surface area contributed by atoms with E-state index in [4.69, 9.17) is 4.74 Å². The molecule has 2 aliphatic heterocycles. The summed E-state index contributed by atoms with van der Waals surface area (Å²) in [7, 11) is 0. The Bertz CT molecular complexity index is 288. The highest BCUT2D eigenvalue weighted by Crippen LogP contribution is 2.17. The number of nitrogens with one attached hydrogen (secondary N) is 2. The second-order valence-corrected chi connectivity index (χ2v) is 5.79. The minimum absolute atomic E-state index is 0.0303. The number of rotatable bonds is 4. The first-order valence-electron chi connectivity index (χ1n) is 6.93. The smallest absolute Gasteiger partial charge is 0.237 e. The Balaban J connectivity index is 1.69. The molecule has 0 aromatic heterocycles. The highest BCUT2D eigenvalue weighted by atomic mass is 16.5. The highest BCUT2D eigenvalue weighted by molar-refractivity contribution is 5.81. The van der Waals surface area contributed by atoms with Crippen molar-refractivity contribution in [1.82, 2.24) is 15.5 Å². The van der Waals surface area contributed by atoms with Crippen molar-refractivity contribution in [3.8, 4) is 0 Å². The van der Waals surface area contributed by atoms with Gasteiger partial charge >= 0.3 is 0 Å². The number of hydrogen-bond acceptors (Lipinski definition) is 4. The number of ether oxygens (including phenoxy) is 1. The van der Waals surface area contributed by atoms with Gasteiger partial charge in [-0.25, -0.2) is 0 Å². The Morgan fingerprint density at radius 1 is 1.56 bits per heavy atom. The van der Waals surface area contributed by atoms with E-state index in [1.54, 1.807) is 0 Å². The Labute approximate surface area is 109 Å². The van der Waals surface area contributed by atoms with Crippen LogP contribution in [0.15, 0.2) is 0 Å². The molecule has 0 radical (unpaired) electrons. The molecule has 0 aliphatic carbocycles. The van der Waals surface area contributed by atoms with Crippen LogP contribution in [0.25, 0.3) is 0 Å². The lowest BCUT2D eigenvalue weighted by Gasteiger charge is -2.42. The second-order valence-electron chi connectivity index (χ2n) is 5.79. The molecule has 0 aromatic carbocycles. The summed E-state index contributed by atoms with van der Waals surface area (Å²) in [6.45, 7) is 9.47. The fourth-order valence-electron chi connectivity index (χ4n) is 2.65. The van der Waals surface area contributed by atoms with Crippen molar-refractivity contribution in [2.24, 2.45) is 0 Å². The van der Waals surface area contributed by atoms with Crippen molar-refractivity contribution < 1.29 is 9.53 Å². The van der Waals surface area contributed by atoms with Crippen molar-refractivity contribution >= 4 is 5.91 Å². The van der Waals surface area contributed by atoms with Gasteiger partial charge in [0.05, 0.1) is 19.3 Å². The van der Waals surface area contributed by atoms with Gasteiger partial charge in [0.15, 0.2) is 0 Å². The molecule has 5 nitrogen and oxygen atoms in total. The minimum atomic E-state index is 0.0303. The third-order valence-electron chi connectivity index (χ3n) is 3.87. The molecule has 2 saturated heterocycles. The normalized spacial score (nSPS) is 28.2. The van der Waals surface area contributed by atoms with E-state index >= 15 is 0 Å². The average molecular weight is 255 g/mol. The van der Waals surface area contributed by atoms with Crippen LogP contribution in [-0.2, 0) is 9.53 Å². The molecule has 0 unspecified atom stereocenters. The van der Waals surface area contributed by atoms with E-state index in [9.17, 15) is 4.79 Å². The molecule has 2 N–H and O–H groups in total. The molecule has 104 valence electrons. The van der Waals surface area contributed by atoms with Gasteiger partial charge in [0.1, 0.15) is 0 Å². The van der Waals surface area contributed by atoms with Crippen LogP contribution in [0.4, 0.5) is 0 Å². The van der Waals surface area contributed by atoms with Gasteiger partial charge in [-0.3, -0.25) is 9.69 Å². The maximum atomic E-state index is 11.8. The number of hydrogen-bond donors (Lipinski definition) is 2. The minimum Gasteiger partial charge on any atom is -0.378 e. The van der Waals surface area contributed by atoms with Crippen LogP contribution in [0.1, 0.15) is 26.7 Å². The summed E-state index contributed by atoms with van der Waals surface area (Å²) in [5, 5.41) is 6.24. The highest BCUT2D eigenvalue weighted by Gasteiger charge is 2.30. The molecule has 2 fully saturated rings. The van der Waals surface area contributed by atoms with Gasteiger partial charge < -0.3 is 15.4 Å². The second kappa shape index (κ2) is 5.99. The molecular formula is C13H25N3O2. The standard InChI is InChI=1S/C13H25N3O2/c1-13(2)10-18-9-8-16(13)7-6-15-12(17)11-4-3-5-14-11/h11,14H,3-10H2,1-2H3,(H,15,17)/t11-/m0/s1. The first kappa shape index (κ1) is 13.8. The molecule has 0 saturated carbocycles. The van der Waals surface area contributed by atoms with Gasteiger partial charge in [-0.05, 0) is 33.2 Å². The molecule has 18 heavy (non-hydrogen) atoms. The lowest BCUT2D eigenvalue weighted by Crippen LogP contribution is -2.55. The van der Waals surface area contributed by atoms with Gasteiger partial charge in [0, 0.05) is 25.2 Å². The molecule has 2 rings (SSSR count). The first-order valence-corrected chi connectivity index (χ1v) is 6.93. The lowest BCUT2D eigenvalue weighted by atomic mass is 10.0. The fourth-order valence-corrected chi connectivity index (χ4v) is 2.65. The Morgan fingerprint density at radius 2 is 2.39 bits per heavy atom. The van der Waals surface area contributed by atoms with Gasteiger partial charge in [0.2, 0.25) is 5.91 Å². The van der Waals surface area contributed by atoms with Crippen molar-refractivity contribution in [2.75, 3.05) is 39.4 Å². The zero-order chi connectivity index (χ0) is 13.0. The molecule has 2 heterocycles. The van der Waals surface area contributed by atoms with Crippen molar-refractivity contribution in [1.29, 1.82) is 0 Å². The Morgan fingerprint density at radius 3 is 3.06 bits per heavy atom. The van der Waals surface area contributed by atoms with E-state index in [0.717, 1.165) is 52.2 Å². The van der Waals surface area contributed by atoms with Crippen LogP contribution in [0, 0.1) is 0 Å². The average Bonchev–Trinajstić information content (AvgIpc) is 2.84. The Kier molecular flexibility index (Phi) is 4.59. The number of carbonyl (C=O) groups is 1. The summed E-state index contributed by atoms with van der Waals surface area (Å²) in [5.74, 6) is 0.151. The van der Waals surface area contributed by atoms with E-state index < -0.39 is 0 Å². The van der Waals surface area contributed by atoms with Crippen molar-refractivity contribution in [3.05, 3.63) is 0 Å². The fraction of sp³-hybridized carbons (Fsp3) is 0.923. The van der Waals surface area contributed by atoms with Crippen LogP contribution in [0.2, 0.25) is 0 Å². The Hall–Kier alpha value is -0.650. The van der Waals surface area contributed by atoms with E-state index in [1.807, 2.05) is 0 Å². The maximum absolute atomic E-state index is 11.8. The van der Waals surface area contributed by atoms with Crippen molar-refractivity contribution in [2.45, 2.75) is 38.3 Å². The molecule has 1 atom stereocenters. The van der Waals surface area contributed by atoms with Crippen molar-refractivity contribution in [3.63, 3.8) is 0 Å². The summed E-state index contributed by atoms with van der Waals surface area (Å²) >= 11 is 0. The molecule has 0 spiro atoms. The quantitative estimate of drug-likeness (QED) is 0.740. The number of morpholine rings is 1. The predicted octanol–water partition coefficient (Wildman–Crippen LogP) is -0.0346. The number of amides is 1. The topological polar surface area (TPSA) is 53.6 Å². The third kappa shape index (κ3) is 3.43. The maximum Gasteiger partial charge on any atom is 0.237 e. The molecule has 2 aliphatic rings. The van der Waals surface area contributed by atoms with Gasteiger partial charge in [-0.2, -0.15) is 0 Å². The van der Waals surface area contributed by atoms with Crippen LogP contribution >= 0.6 is 0 Å². The summed E-state index contributed by atoms with van der Waals surface area (Å²) in [6.07, 6.45) is 2.07. The van der Waals surface area contributed by atoms with Crippen LogP contribution < -0.4 is 10.6 Å². The number of carbonyl (C=O) groups excluding carboxylic acids is 1. The monoisotopic (exact) mass is 255 g/mol. The summed E-state index contributed by atoms with van der Waals surface area (Å²) in [5.41, 5.74) is 0.0780. The third-order valence-corrected chi connectivity index (χ3v) is 3.87. The van der Waals surface area contributed by atoms with E-state index in [1.165, 1.54) is 0 Å². The zero-order valence-corrected chi connectivity index (χ0v) is 11.5. The van der Waals surface area contributed by atoms with E-state index in [0.29, 0.717) is 0 Å². The van der Waals surface area contributed by atoms with E-state index in [-0.39, 0.29) is 17.5 Å². The summed E-state index contributed by atoms with van der Waals surface area (Å²) in [4.78, 5) is 14.2. The largest absolute Gasteiger partial charge is 0.378 e. The van der Waals surface area contributed by atoms with Gasteiger partial charge in [-0.15, -0.1) is 0 Å². The van der Waals surface area contributed by atoms with Gasteiger partial charge in [-0.1, -0.05) is 0 Å². The lowest BCUT2D eigenvalue weighted by molar-refractivity contribution is -0.123. The van der Waals surface area contributed by atoms with Gasteiger partial charge in [0.25, 0.3) is 0 Å². The van der Waals surface area contributed by atoms with E-state index in [2.05, 4.69) is 29.4 Å². The number of nitrogens with zero attached hydrogens (tertiary/aromatic N) is 1. The summed E-state index contributed by atoms with van der Waals surface area (Å²) in [6, 6.07) is 0.0303. The van der Waals surface area contributed by atoms with Crippen LogP contribution in [0.3, 0.4) is 0 Å². The molecule has 0 bridgehead atoms. The predicted molar refractivity (Wildman–Crippen MR) is 70.5 cm³/mol.